The molecule has 1 heterocycles. The fourth-order valence-corrected chi connectivity index (χ4v) is 1.02. The van der Waals surface area contributed by atoms with Crippen LogP contribution in [0.4, 0.5) is 0 Å². The van der Waals surface area contributed by atoms with Gasteiger partial charge in [0.2, 0.25) is 0 Å². The lowest BCUT2D eigenvalue weighted by Gasteiger charge is -1.96. The quantitative estimate of drug-likeness (QED) is 0.601. The van der Waals surface area contributed by atoms with Crippen LogP contribution in [0, 0.1) is 0 Å². The highest BCUT2D eigenvalue weighted by atomic mass is 14.9. The summed E-state index contributed by atoms with van der Waals surface area (Å²) in [6, 6.07) is 0. The van der Waals surface area contributed by atoms with E-state index in [0.29, 0.717) is 0 Å². The van der Waals surface area contributed by atoms with Gasteiger partial charge in [-0.25, -0.2) is 0 Å². The maximum Gasteiger partial charge on any atom is 0.00764 e. The molecular formula is C11H29N3. The summed E-state index contributed by atoms with van der Waals surface area (Å²) < 4.78 is 0. The lowest BCUT2D eigenvalue weighted by atomic mass is 10.4. The molecule has 1 aliphatic heterocycles. The molecule has 1 fully saturated rings. The molecule has 88 valence electrons. The van der Waals surface area contributed by atoms with Crippen LogP contribution in [0.3, 0.4) is 0 Å². The summed E-state index contributed by atoms with van der Waals surface area (Å²) in [5, 5.41) is 9.45. The number of likely N-dealkylation sites (N-methyl/N-ethyl adjacent to an activating group) is 2. The van der Waals surface area contributed by atoms with E-state index in [4.69, 9.17) is 0 Å². The molecule has 14 heavy (non-hydrogen) atoms. The molecule has 0 aromatic heterocycles. The molecule has 0 amide bonds. The Morgan fingerprint density at radius 2 is 1.64 bits per heavy atom. The second-order valence-electron chi connectivity index (χ2n) is 2.91. The highest BCUT2D eigenvalue weighted by Crippen LogP contribution is 1.90. The fraction of sp³-hybridized carbons (Fsp3) is 1.00. The minimum Gasteiger partial charge on any atom is -0.318 e. The molecule has 3 nitrogen and oxygen atoms in total. The molecule has 0 radical (unpaired) electrons. The molecular weight excluding hydrogens is 174 g/mol. The van der Waals surface area contributed by atoms with Crippen LogP contribution in [0.25, 0.3) is 0 Å². The van der Waals surface area contributed by atoms with Crippen LogP contribution in [0.2, 0.25) is 0 Å². The molecule has 1 aliphatic rings. The van der Waals surface area contributed by atoms with Crippen LogP contribution < -0.4 is 16.0 Å². The fourth-order valence-electron chi connectivity index (χ4n) is 1.02. The summed E-state index contributed by atoms with van der Waals surface area (Å²) in [6.07, 6.45) is 2.78. The largest absolute Gasteiger partial charge is 0.318 e. The van der Waals surface area contributed by atoms with Gasteiger partial charge >= 0.3 is 0 Å². The molecule has 3 N–H and O–H groups in total. The molecule has 0 aromatic carbocycles. The van der Waals surface area contributed by atoms with Crippen molar-refractivity contribution in [3.63, 3.8) is 0 Å². The summed E-state index contributed by atoms with van der Waals surface area (Å²) in [4.78, 5) is 0. The Labute approximate surface area is 90.0 Å². The van der Waals surface area contributed by atoms with Crippen molar-refractivity contribution in [1.29, 1.82) is 0 Å². The molecule has 0 atom stereocenters. The normalized spacial score (nSPS) is 13.7. The highest BCUT2D eigenvalue weighted by Gasteiger charge is 1.93. The van der Waals surface area contributed by atoms with Crippen molar-refractivity contribution in [3.8, 4) is 0 Å². The summed E-state index contributed by atoms with van der Waals surface area (Å²) in [5.74, 6) is 0. The van der Waals surface area contributed by atoms with Gasteiger partial charge in [-0.2, -0.15) is 0 Å². The van der Waals surface area contributed by atoms with Crippen LogP contribution in [-0.4, -0.2) is 39.8 Å². The van der Waals surface area contributed by atoms with Crippen LogP contribution in [-0.2, 0) is 0 Å². The van der Waals surface area contributed by atoms with Crippen molar-refractivity contribution in [1.82, 2.24) is 16.0 Å². The van der Waals surface area contributed by atoms with E-state index in [1.54, 1.807) is 0 Å². The van der Waals surface area contributed by atoms with E-state index in [1.807, 2.05) is 20.9 Å². The molecule has 1 rings (SSSR count). The Balaban J connectivity index is 0. The van der Waals surface area contributed by atoms with Gasteiger partial charge in [-0.3, -0.25) is 0 Å². The van der Waals surface area contributed by atoms with Gasteiger partial charge in [0.15, 0.2) is 0 Å². The Morgan fingerprint density at radius 1 is 1.07 bits per heavy atom. The molecule has 0 spiro atoms. The lowest BCUT2D eigenvalue weighted by Crippen LogP contribution is -2.24. The number of hydrogen-bond acceptors (Lipinski definition) is 3. The lowest BCUT2D eigenvalue weighted by molar-refractivity contribution is 0.672. The minimum atomic E-state index is 1.06. The van der Waals surface area contributed by atoms with E-state index in [0.717, 1.165) is 19.6 Å². The van der Waals surface area contributed by atoms with E-state index >= 15 is 0 Å². The predicted octanol–water partition coefficient (Wildman–Crippen LogP) is 1.21. The maximum atomic E-state index is 3.22. The average Bonchev–Trinajstić information content (AvgIpc) is 2.80. The molecule has 0 aromatic rings. The molecule has 0 unspecified atom stereocenters. The van der Waals surface area contributed by atoms with Crippen LogP contribution >= 0.6 is 0 Å². The maximum absolute atomic E-state index is 3.22. The van der Waals surface area contributed by atoms with Crippen molar-refractivity contribution >= 4 is 0 Å². The molecule has 0 aliphatic carbocycles. The van der Waals surface area contributed by atoms with Crippen molar-refractivity contribution in [3.05, 3.63) is 0 Å². The minimum absolute atomic E-state index is 1.06. The standard InChI is InChI=1S/C5H14N2.C4H9N.C2H6/c1-3-7-5-4-6-2;1-2-4-5-3-1;1-2/h6-7H,3-5H2,1-2H3;5H,1-4H2;1-2H3. The van der Waals surface area contributed by atoms with Gasteiger partial charge in [-0.1, -0.05) is 20.8 Å². The second-order valence-corrected chi connectivity index (χ2v) is 2.91. The van der Waals surface area contributed by atoms with Crippen LogP contribution in [0.5, 0.6) is 0 Å². The van der Waals surface area contributed by atoms with E-state index < -0.39 is 0 Å². The third kappa shape index (κ3) is 17.8. The second kappa shape index (κ2) is 18.6. The van der Waals surface area contributed by atoms with Gasteiger partial charge in [0.05, 0.1) is 0 Å². The topological polar surface area (TPSA) is 36.1 Å². The molecule has 0 bridgehead atoms. The van der Waals surface area contributed by atoms with Gasteiger partial charge < -0.3 is 16.0 Å². The third-order valence-electron chi connectivity index (χ3n) is 1.76. The van der Waals surface area contributed by atoms with Crippen molar-refractivity contribution in [2.24, 2.45) is 0 Å². The molecule has 3 heteroatoms. The zero-order chi connectivity index (χ0) is 11.1. The van der Waals surface area contributed by atoms with Crippen LogP contribution in [0.1, 0.15) is 33.6 Å². The third-order valence-corrected chi connectivity index (χ3v) is 1.76. The van der Waals surface area contributed by atoms with Crippen molar-refractivity contribution in [2.45, 2.75) is 33.6 Å². The summed E-state index contributed by atoms with van der Waals surface area (Å²) in [6.45, 7) is 11.8. The van der Waals surface area contributed by atoms with Crippen LogP contribution in [0.15, 0.2) is 0 Å². The predicted molar refractivity (Wildman–Crippen MR) is 65.9 cm³/mol. The van der Waals surface area contributed by atoms with E-state index in [1.165, 1.54) is 25.9 Å². The Kier molecular flexibility index (Phi) is 21.7. The van der Waals surface area contributed by atoms with Gasteiger partial charge in [0.1, 0.15) is 0 Å². The Bertz CT molecular complexity index is 61.3. The number of rotatable bonds is 4. The summed E-state index contributed by atoms with van der Waals surface area (Å²) >= 11 is 0. The molecule has 0 saturated carbocycles. The van der Waals surface area contributed by atoms with Gasteiger partial charge in [-0.05, 0) is 39.5 Å². The average molecular weight is 203 g/mol. The Morgan fingerprint density at radius 3 is 1.93 bits per heavy atom. The van der Waals surface area contributed by atoms with Gasteiger partial charge in [-0.15, -0.1) is 0 Å². The summed E-state index contributed by atoms with van der Waals surface area (Å²) in [7, 11) is 1.96. The summed E-state index contributed by atoms with van der Waals surface area (Å²) in [5.41, 5.74) is 0. The first kappa shape index (κ1) is 16.3. The van der Waals surface area contributed by atoms with Crippen molar-refractivity contribution in [2.75, 3.05) is 39.8 Å². The van der Waals surface area contributed by atoms with E-state index in [-0.39, 0.29) is 0 Å². The zero-order valence-electron chi connectivity index (χ0n) is 10.4. The monoisotopic (exact) mass is 203 g/mol. The number of nitrogens with one attached hydrogen (secondary N) is 3. The van der Waals surface area contributed by atoms with E-state index in [9.17, 15) is 0 Å². The first-order chi connectivity index (χ1) is 6.91. The molecule has 1 saturated heterocycles. The van der Waals surface area contributed by atoms with Gasteiger partial charge in [0.25, 0.3) is 0 Å². The van der Waals surface area contributed by atoms with E-state index in [2.05, 4.69) is 22.9 Å². The van der Waals surface area contributed by atoms with Crippen molar-refractivity contribution < 1.29 is 0 Å². The zero-order valence-corrected chi connectivity index (χ0v) is 10.4. The SMILES string of the molecule is C1CCNC1.CC.CCNCCNC. The number of hydrogen-bond donors (Lipinski definition) is 3. The Hall–Kier alpha value is -0.120. The smallest absolute Gasteiger partial charge is 0.00764 e. The highest BCUT2D eigenvalue weighted by molar-refractivity contribution is 4.55. The first-order valence-electron chi connectivity index (χ1n) is 5.97. The first-order valence-corrected chi connectivity index (χ1v) is 5.97. The van der Waals surface area contributed by atoms with Gasteiger partial charge in [0, 0.05) is 13.1 Å².